The zero-order valence-corrected chi connectivity index (χ0v) is 37.7. The van der Waals surface area contributed by atoms with Crippen LogP contribution in [0.1, 0.15) is 167 Å². The zero-order valence-electron chi connectivity index (χ0n) is 37.7. The van der Waals surface area contributed by atoms with E-state index in [4.69, 9.17) is 9.47 Å². The number of ether oxygens (including phenoxy) is 2. The van der Waals surface area contributed by atoms with Crippen LogP contribution in [-0.2, 0) is 31.9 Å². The van der Waals surface area contributed by atoms with Crippen molar-refractivity contribution in [3.05, 3.63) is 78.2 Å². The molecular weight excluding hydrogens is 737 g/mol. The van der Waals surface area contributed by atoms with Gasteiger partial charge in [-0.15, -0.1) is 0 Å². The number of fused-ring (bicyclic) bond motifs is 7. The average molecular weight is 807 g/mol. The molecule has 9 heteroatoms. The van der Waals surface area contributed by atoms with Gasteiger partial charge >= 0.3 is 11.9 Å². The number of Topliss-reactive ketones (excluding diaryl/α,β-unsaturated/α-hetero) is 1. The lowest BCUT2D eigenvalue weighted by Crippen LogP contribution is -2.25. The zero-order chi connectivity index (χ0) is 42.7. The van der Waals surface area contributed by atoms with Gasteiger partial charge in [-0.1, -0.05) is 87.0 Å². The maximum absolute atomic E-state index is 14.4. The van der Waals surface area contributed by atoms with Crippen LogP contribution in [0.3, 0.4) is 0 Å². The van der Waals surface area contributed by atoms with Crippen LogP contribution in [0.5, 0.6) is 0 Å². The summed E-state index contributed by atoms with van der Waals surface area (Å²) < 4.78 is 11.2. The lowest BCUT2D eigenvalue weighted by molar-refractivity contribution is -0.144. The Hall–Kier alpha value is -4.53. The first-order chi connectivity index (χ1) is 28.2. The molecule has 9 nitrogen and oxygen atoms in total. The molecule has 2 aliphatic heterocycles. The second-order valence-electron chi connectivity index (χ2n) is 18.3. The normalized spacial score (nSPS) is 22.6. The van der Waals surface area contributed by atoms with Crippen LogP contribution >= 0.6 is 0 Å². The molecule has 0 spiro atoms. The Balaban J connectivity index is 1.31. The second kappa shape index (κ2) is 18.8. The van der Waals surface area contributed by atoms with Crippen molar-refractivity contribution < 1.29 is 23.9 Å². The number of carbonyl (C=O) groups is 3. The Labute approximate surface area is 352 Å². The summed E-state index contributed by atoms with van der Waals surface area (Å²) in [5.41, 5.74) is 12.0. The van der Waals surface area contributed by atoms with Crippen LogP contribution in [0, 0.1) is 56.3 Å². The molecule has 1 aliphatic carbocycles. The van der Waals surface area contributed by atoms with Crippen molar-refractivity contribution in [2.24, 2.45) is 35.5 Å². The summed E-state index contributed by atoms with van der Waals surface area (Å²) >= 11 is 0. The standard InChI is InChI=1S/C50H70N4O5/c1-12-34-30(7)37-24-39-32(9)36(20-21-43(55)59-23-22-29(6)19-15-18-28(5)17-14-16-27(3)4)47(53-39)45-46(50(57)58-11)49(56)44-33(10)40(54-48(44)45)26-42-35(13-2)31(8)38(52-42)25-41(34)51-37/h24-29,32,36,46,51-54H,12-23H2,1-11H3/b38-25-,39-24-,42-26-,47-45-/t28-,29-,32+,36+,46-/m1/s1. The number of aromatic amines is 3. The van der Waals surface area contributed by atoms with E-state index >= 15 is 0 Å². The van der Waals surface area contributed by atoms with E-state index in [9.17, 15) is 14.4 Å². The SMILES string of the molecule is CCc1c2[nH]c(c1C)/C=C1\N/C(=C3\c4[nH]c(c(C)c4C(=O)[C@@H]3C(=O)OC)/C=c3\[nH]/c(c(C)c3CC)=C\2)[C@@H](CCC(=O)OCC[C@H](C)CCC[C@H](C)CCCC(C)C)[C@@H]1C. The molecule has 4 N–H and O–H groups in total. The summed E-state index contributed by atoms with van der Waals surface area (Å²) in [7, 11) is 1.33. The summed E-state index contributed by atoms with van der Waals surface area (Å²) in [6.45, 7) is 22.4. The molecule has 320 valence electrons. The summed E-state index contributed by atoms with van der Waals surface area (Å²) in [5, 5.41) is 5.77. The molecule has 3 aliphatic rings. The van der Waals surface area contributed by atoms with Crippen LogP contribution in [0.15, 0.2) is 11.4 Å². The monoisotopic (exact) mass is 807 g/mol. The number of nitrogens with one attached hydrogen (secondary N) is 4. The quantitative estimate of drug-likeness (QED) is 0.0796. The highest BCUT2D eigenvalue weighted by atomic mass is 16.5. The van der Waals surface area contributed by atoms with Gasteiger partial charge in [0.2, 0.25) is 0 Å². The molecule has 5 atom stereocenters. The summed E-state index contributed by atoms with van der Waals surface area (Å²) in [4.78, 5) is 52.4. The van der Waals surface area contributed by atoms with Gasteiger partial charge in [0.1, 0.15) is 5.92 Å². The van der Waals surface area contributed by atoms with E-state index in [1.54, 1.807) is 0 Å². The first-order valence-corrected chi connectivity index (χ1v) is 22.5. The molecule has 6 rings (SSSR count). The van der Waals surface area contributed by atoms with Gasteiger partial charge in [-0.25, -0.2) is 0 Å². The first kappa shape index (κ1) is 44.0. The fraction of sp³-hybridized carbons (Fsp3) is 0.580. The topological polar surface area (TPSA) is 129 Å². The molecule has 1 saturated heterocycles. The van der Waals surface area contributed by atoms with Crippen molar-refractivity contribution in [2.45, 2.75) is 140 Å². The fourth-order valence-electron chi connectivity index (χ4n) is 9.92. The average Bonchev–Trinajstić information content (AvgIpc) is 3.94. The van der Waals surface area contributed by atoms with Gasteiger partial charge in [-0.05, 0) is 110 Å². The molecule has 1 fully saturated rings. The van der Waals surface area contributed by atoms with Crippen LogP contribution in [-0.4, -0.2) is 46.4 Å². The Bertz CT molecular complexity index is 2240. The van der Waals surface area contributed by atoms with Crippen molar-refractivity contribution in [3.8, 4) is 0 Å². The number of allylic oxidation sites excluding steroid dienone is 2. The molecule has 8 bridgehead atoms. The van der Waals surface area contributed by atoms with E-state index in [1.165, 1.54) is 61.5 Å². The number of hydrogen-bond donors (Lipinski definition) is 4. The van der Waals surface area contributed by atoms with Crippen molar-refractivity contribution in [3.63, 3.8) is 0 Å². The van der Waals surface area contributed by atoms with Crippen molar-refractivity contribution in [2.75, 3.05) is 13.7 Å². The largest absolute Gasteiger partial charge is 0.468 e. The lowest BCUT2D eigenvalue weighted by Gasteiger charge is -2.20. The van der Waals surface area contributed by atoms with Crippen molar-refractivity contribution >= 4 is 41.5 Å². The molecule has 3 aromatic rings. The van der Waals surface area contributed by atoms with E-state index < -0.39 is 11.9 Å². The Kier molecular flexibility index (Phi) is 14.0. The highest BCUT2D eigenvalue weighted by Gasteiger charge is 2.48. The number of hydrogen-bond acceptors (Lipinski definition) is 6. The molecule has 3 aromatic heterocycles. The maximum Gasteiger partial charge on any atom is 0.321 e. The Morgan fingerprint density at radius 2 is 1.41 bits per heavy atom. The van der Waals surface area contributed by atoms with Crippen LogP contribution in [0.2, 0.25) is 0 Å². The number of aromatic nitrogens is 3. The number of esters is 2. The van der Waals surface area contributed by atoms with E-state index in [1.807, 2.05) is 6.92 Å². The van der Waals surface area contributed by atoms with Gasteiger partial charge in [-0.2, -0.15) is 0 Å². The van der Waals surface area contributed by atoms with Gasteiger partial charge in [0.15, 0.2) is 5.78 Å². The van der Waals surface area contributed by atoms with Crippen molar-refractivity contribution in [1.29, 1.82) is 0 Å². The number of carbonyl (C=O) groups excluding carboxylic acids is 3. The van der Waals surface area contributed by atoms with E-state index in [-0.39, 0.29) is 30.0 Å². The Morgan fingerprint density at radius 1 is 0.763 bits per heavy atom. The van der Waals surface area contributed by atoms with Gasteiger partial charge in [0.25, 0.3) is 0 Å². The van der Waals surface area contributed by atoms with Crippen LogP contribution < -0.4 is 16.0 Å². The first-order valence-electron chi connectivity index (χ1n) is 22.5. The van der Waals surface area contributed by atoms with Gasteiger partial charge < -0.3 is 29.7 Å². The van der Waals surface area contributed by atoms with E-state index in [0.717, 1.165) is 82.3 Å². The summed E-state index contributed by atoms with van der Waals surface area (Å²) in [6.07, 6.45) is 17.3. The lowest BCUT2D eigenvalue weighted by atomic mass is 9.85. The summed E-state index contributed by atoms with van der Waals surface area (Å²) in [5.74, 6) is -0.407. The minimum atomic E-state index is -1.12. The van der Waals surface area contributed by atoms with Crippen LogP contribution in [0.25, 0.3) is 23.8 Å². The highest BCUT2D eigenvalue weighted by molar-refractivity contribution is 6.24. The smallest absolute Gasteiger partial charge is 0.321 e. The highest BCUT2D eigenvalue weighted by Crippen LogP contribution is 2.48. The maximum atomic E-state index is 14.4. The third-order valence-electron chi connectivity index (χ3n) is 13.7. The van der Waals surface area contributed by atoms with Crippen LogP contribution in [0.4, 0.5) is 0 Å². The van der Waals surface area contributed by atoms with Gasteiger partial charge in [-0.3, -0.25) is 14.4 Å². The molecule has 0 aromatic carbocycles. The third-order valence-corrected chi connectivity index (χ3v) is 13.7. The fourth-order valence-corrected chi connectivity index (χ4v) is 9.92. The third kappa shape index (κ3) is 9.14. The molecule has 0 unspecified atom stereocenters. The minimum absolute atomic E-state index is 0.0478. The van der Waals surface area contributed by atoms with E-state index in [0.29, 0.717) is 35.8 Å². The number of rotatable bonds is 17. The number of H-pyrrole nitrogens is 3. The minimum Gasteiger partial charge on any atom is -0.468 e. The van der Waals surface area contributed by atoms with Crippen molar-refractivity contribution in [1.82, 2.24) is 20.3 Å². The Morgan fingerprint density at radius 3 is 2.07 bits per heavy atom. The predicted octanol–water partition coefficient (Wildman–Crippen LogP) is 9.27. The van der Waals surface area contributed by atoms with E-state index in [2.05, 4.69) is 101 Å². The molecular formula is C50H70N4O5. The molecule has 59 heavy (non-hydrogen) atoms. The molecule has 0 amide bonds. The number of methoxy groups -OCH3 is 1. The predicted molar refractivity (Wildman–Crippen MR) is 238 cm³/mol. The van der Waals surface area contributed by atoms with Gasteiger partial charge in [0.05, 0.1) is 19.4 Å². The number of ketones is 1. The molecule has 5 heterocycles. The summed E-state index contributed by atoms with van der Waals surface area (Å²) in [6, 6.07) is 0. The molecule has 0 radical (unpaired) electrons. The van der Waals surface area contributed by atoms with Gasteiger partial charge in [0, 0.05) is 68.6 Å². The molecule has 0 saturated carbocycles. The second-order valence-corrected chi connectivity index (χ2v) is 18.3.